The Bertz CT molecular complexity index is 403. The van der Waals surface area contributed by atoms with Crippen LogP contribution >= 0.6 is 0 Å². The Morgan fingerprint density at radius 3 is 2.50 bits per heavy atom. The molecule has 0 saturated carbocycles. The summed E-state index contributed by atoms with van der Waals surface area (Å²) in [6.07, 6.45) is 3.20. The molecule has 0 radical (unpaired) electrons. The summed E-state index contributed by atoms with van der Waals surface area (Å²) in [4.78, 5) is 11.6. The van der Waals surface area contributed by atoms with E-state index in [0.717, 1.165) is 12.8 Å². The molecule has 100 valence electrons. The highest BCUT2D eigenvalue weighted by atomic mass is 19.1. The van der Waals surface area contributed by atoms with Gasteiger partial charge in [0.2, 0.25) is 0 Å². The normalized spacial score (nSPS) is 14.2. The Hall–Kier alpha value is -1.38. The Kier molecular flexibility index (Phi) is 5.32. The van der Waals surface area contributed by atoms with E-state index in [0.29, 0.717) is 18.4 Å². The molecule has 0 aliphatic rings. The number of carboxylic acids is 1. The molecule has 0 heterocycles. The van der Waals surface area contributed by atoms with Gasteiger partial charge in [0.25, 0.3) is 0 Å². The van der Waals surface area contributed by atoms with E-state index in [1.165, 1.54) is 6.07 Å². The molecular weight excluding hydrogens is 231 g/mol. The number of unbranched alkanes of at least 4 members (excludes halogenated alkanes) is 1. The van der Waals surface area contributed by atoms with E-state index in [1.54, 1.807) is 18.2 Å². The average molecular weight is 252 g/mol. The SMILES string of the molecule is CCCCC(CC)(Cc1ccccc1F)C(=O)O. The summed E-state index contributed by atoms with van der Waals surface area (Å²) < 4.78 is 13.6. The number of carbonyl (C=O) groups is 1. The minimum absolute atomic E-state index is 0.269. The molecular formula is C15H21FO2. The van der Waals surface area contributed by atoms with E-state index in [2.05, 4.69) is 0 Å². The molecule has 1 N–H and O–H groups in total. The van der Waals surface area contributed by atoms with Crippen LogP contribution in [0.25, 0.3) is 0 Å². The van der Waals surface area contributed by atoms with E-state index in [4.69, 9.17) is 0 Å². The second kappa shape index (κ2) is 6.53. The maximum atomic E-state index is 13.6. The van der Waals surface area contributed by atoms with Gasteiger partial charge in [-0.2, -0.15) is 0 Å². The van der Waals surface area contributed by atoms with Gasteiger partial charge < -0.3 is 5.11 Å². The summed E-state index contributed by atoms with van der Waals surface area (Å²) >= 11 is 0. The fourth-order valence-corrected chi connectivity index (χ4v) is 2.25. The molecule has 18 heavy (non-hydrogen) atoms. The first-order valence-corrected chi connectivity index (χ1v) is 6.52. The lowest BCUT2D eigenvalue weighted by atomic mass is 9.75. The van der Waals surface area contributed by atoms with Crippen molar-refractivity contribution < 1.29 is 14.3 Å². The van der Waals surface area contributed by atoms with E-state index in [9.17, 15) is 14.3 Å². The molecule has 1 rings (SSSR count). The maximum Gasteiger partial charge on any atom is 0.309 e. The van der Waals surface area contributed by atoms with E-state index in [1.807, 2.05) is 13.8 Å². The summed E-state index contributed by atoms with van der Waals surface area (Å²) in [5.74, 6) is -1.13. The summed E-state index contributed by atoms with van der Waals surface area (Å²) in [6.45, 7) is 3.90. The molecule has 0 fully saturated rings. The van der Waals surface area contributed by atoms with Gasteiger partial charge in [-0.3, -0.25) is 4.79 Å². The minimum atomic E-state index is -0.835. The number of halogens is 1. The van der Waals surface area contributed by atoms with Crippen molar-refractivity contribution >= 4 is 5.97 Å². The van der Waals surface area contributed by atoms with Crippen molar-refractivity contribution in [2.45, 2.75) is 46.0 Å². The quantitative estimate of drug-likeness (QED) is 0.795. The first-order valence-electron chi connectivity index (χ1n) is 6.52. The van der Waals surface area contributed by atoms with Crippen LogP contribution < -0.4 is 0 Å². The number of benzene rings is 1. The molecule has 0 spiro atoms. The highest BCUT2D eigenvalue weighted by Gasteiger charge is 2.36. The molecule has 1 atom stereocenters. The molecule has 1 aromatic rings. The van der Waals surface area contributed by atoms with Crippen LogP contribution in [-0.4, -0.2) is 11.1 Å². The smallest absolute Gasteiger partial charge is 0.309 e. The van der Waals surface area contributed by atoms with Gasteiger partial charge in [0.1, 0.15) is 5.82 Å². The summed E-state index contributed by atoms with van der Waals surface area (Å²) in [5.41, 5.74) is -0.337. The fraction of sp³-hybridized carbons (Fsp3) is 0.533. The van der Waals surface area contributed by atoms with Crippen LogP contribution in [0.15, 0.2) is 24.3 Å². The van der Waals surface area contributed by atoms with Crippen LogP contribution in [-0.2, 0) is 11.2 Å². The van der Waals surface area contributed by atoms with Crippen molar-refractivity contribution in [3.8, 4) is 0 Å². The van der Waals surface area contributed by atoms with Crippen molar-refractivity contribution in [3.05, 3.63) is 35.6 Å². The van der Waals surface area contributed by atoms with Crippen molar-refractivity contribution in [2.75, 3.05) is 0 Å². The van der Waals surface area contributed by atoms with Gasteiger partial charge >= 0.3 is 5.97 Å². The first kappa shape index (κ1) is 14.7. The minimum Gasteiger partial charge on any atom is -0.481 e. The van der Waals surface area contributed by atoms with Crippen LogP contribution in [0.1, 0.15) is 45.1 Å². The van der Waals surface area contributed by atoms with E-state index in [-0.39, 0.29) is 12.2 Å². The zero-order valence-electron chi connectivity index (χ0n) is 11.1. The second-order valence-corrected chi connectivity index (χ2v) is 4.81. The molecule has 0 bridgehead atoms. The molecule has 2 nitrogen and oxygen atoms in total. The summed E-state index contributed by atoms with van der Waals surface area (Å²) in [6, 6.07) is 6.44. The number of hydrogen-bond acceptors (Lipinski definition) is 1. The van der Waals surface area contributed by atoms with Crippen molar-refractivity contribution in [2.24, 2.45) is 5.41 Å². The number of aliphatic carboxylic acids is 1. The highest BCUT2D eigenvalue weighted by molar-refractivity contribution is 5.75. The van der Waals surface area contributed by atoms with Gasteiger partial charge in [0, 0.05) is 0 Å². The molecule has 0 aliphatic carbocycles. The number of carboxylic acid groups (broad SMARTS) is 1. The Labute approximate surface area is 108 Å². The largest absolute Gasteiger partial charge is 0.481 e. The third-order valence-electron chi connectivity index (χ3n) is 3.63. The molecule has 0 aromatic heterocycles. The van der Waals surface area contributed by atoms with Crippen molar-refractivity contribution in [3.63, 3.8) is 0 Å². The highest BCUT2D eigenvalue weighted by Crippen LogP contribution is 2.34. The van der Waals surface area contributed by atoms with Crippen LogP contribution in [0, 0.1) is 11.2 Å². The zero-order chi connectivity index (χ0) is 13.6. The lowest BCUT2D eigenvalue weighted by Crippen LogP contribution is -2.33. The third-order valence-corrected chi connectivity index (χ3v) is 3.63. The maximum absolute atomic E-state index is 13.6. The third kappa shape index (κ3) is 3.31. The Morgan fingerprint density at radius 2 is 2.00 bits per heavy atom. The van der Waals surface area contributed by atoms with Crippen LogP contribution in [0.2, 0.25) is 0 Å². The second-order valence-electron chi connectivity index (χ2n) is 4.81. The summed E-state index contributed by atoms with van der Waals surface area (Å²) in [7, 11) is 0. The molecule has 0 saturated heterocycles. The van der Waals surface area contributed by atoms with Gasteiger partial charge in [0.15, 0.2) is 0 Å². The van der Waals surface area contributed by atoms with Crippen LogP contribution in [0.5, 0.6) is 0 Å². The van der Waals surface area contributed by atoms with E-state index >= 15 is 0 Å². The lowest BCUT2D eigenvalue weighted by Gasteiger charge is -2.28. The van der Waals surface area contributed by atoms with Gasteiger partial charge in [-0.15, -0.1) is 0 Å². The molecule has 0 amide bonds. The average Bonchev–Trinajstić information content (AvgIpc) is 2.36. The molecule has 0 aliphatic heterocycles. The Morgan fingerprint density at radius 1 is 1.33 bits per heavy atom. The zero-order valence-corrected chi connectivity index (χ0v) is 11.1. The summed E-state index contributed by atoms with van der Waals surface area (Å²) in [5, 5.41) is 9.48. The lowest BCUT2D eigenvalue weighted by molar-refractivity contribution is -0.149. The van der Waals surface area contributed by atoms with Gasteiger partial charge in [-0.1, -0.05) is 44.9 Å². The van der Waals surface area contributed by atoms with Crippen molar-refractivity contribution in [1.29, 1.82) is 0 Å². The number of rotatable bonds is 7. The standard InChI is InChI=1S/C15H21FO2/c1-3-5-10-15(4-2,14(17)18)11-12-8-6-7-9-13(12)16/h6-9H,3-5,10-11H2,1-2H3,(H,17,18). The Balaban J connectivity index is 2.97. The first-order chi connectivity index (χ1) is 8.55. The molecule has 1 unspecified atom stereocenters. The topological polar surface area (TPSA) is 37.3 Å². The monoisotopic (exact) mass is 252 g/mol. The van der Waals surface area contributed by atoms with E-state index < -0.39 is 11.4 Å². The van der Waals surface area contributed by atoms with Gasteiger partial charge in [-0.25, -0.2) is 4.39 Å². The fourth-order valence-electron chi connectivity index (χ4n) is 2.25. The van der Waals surface area contributed by atoms with Crippen LogP contribution in [0.4, 0.5) is 4.39 Å². The van der Waals surface area contributed by atoms with Gasteiger partial charge in [0.05, 0.1) is 5.41 Å². The molecule has 3 heteroatoms. The van der Waals surface area contributed by atoms with Crippen molar-refractivity contribution in [1.82, 2.24) is 0 Å². The predicted octanol–water partition coefficient (Wildman–Crippen LogP) is 4.04. The number of hydrogen-bond donors (Lipinski definition) is 1. The predicted molar refractivity (Wildman–Crippen MR) is 70.0 cm³/mol. The van der Waals surface area contributed by atoms with Gasteiger partial charge in [-0.05, 0) is 30.9 Å². The molecule has 1 aromatic carbocycles. The van der Waals surface area contributed by atoms with Crippen LogP contribution in [0.3, 0.4) is 0 Å².